The Kier molecular flexibility index (Phi) is 5.83. The first-order valence-electron chi connectivity index (χ1n) is 6.65. The van der Waals surface area contributed by atoms with Gasteiger partial charge in [0.15, 0.2) is 5.11 Å². The third-order valence-corrected chi connectivity index (χ3v) is 4.47. The summed E-state index contributed by atoms with van der Waals surface area (Å²) in [6.07, 6.45) is 0. The number of hydrogen-bond acceptors (Lipinski definition) is 3. The van der Waals surface area contributed by atoms with Crippen molar-refractivity contribution in [3.05, 3.63) is 55.6 Å². The average Bonchev–Trinajstić information content (AvgIpc) is 2.47. The Morgan fingerprint density at radius 2 is 1.87 bits per heavy atom. The highest BCUT2D eigenvalue weighted by atomic mass is 127. The number of carbonyl (C=O) groups excluding carboxylic acids is 1. The zero-order valence-corrected chi connectivity index (χ0v) is 16.1. The molecule has 23 heavy (non-hydrogen) atoms. The maximum absolute atomic E-state index is 12.2. The number of hydrogen-bond donors (Lipinski definition) is 3. The summed E-state index contributed by atoms with van der Waals surface area (Å²) in [5, 5.41) is 15.7. The Morgan fingerprint density at radius 1 is 1.22 bits per heavy atom. The van der Waals surface area contributed by atoms with E-state index in [1.54, 1.807) is 24.3 Å². The van der Waals surface area contributed by atoms with Crippen LogP contribution in [0.1, 0.15) is 21.5 Å². The maximum atomic E-state index is 12.2. The topological polar surface area (TPSA) is 61.4 Å². The first kappa shape index (κ1) is 18.0. The van der Waals surface area contributed by atoms with Gasteiger partial charge in [0.1, 0.15) is 5.75 Å². The Hall–Kier alpha value is -1.38. The fourth-order valence-electron chi connectivity index (χ4n) is 1.90. The summed E-state index contributed by atoms with van der Waals surface area (Å²) in [5.74, 6) is -0.341. The minimum absolute atomic E-state index is 0.0667. The molecule has 0 aliphatic rings. The molecular weight excluding hydrogens is 447 g/mol. The lowest BCUT2D eigenvalue weighted by molar-refractivity contribution is 0.0978. The molecular formula is C16H14ClIN2O2S. The summed E-state index contributed by atoms with van der Waals surface area (Å²) in [5.41, 5.74) is 2.74. The van der Waals surface area contributed by atoms with Crippen LogP contribution in [0.3, 0.4) is 0 Å². The first-order valence-corrected chi connectivity index (χ1v) is 8.52. The summed E-state index contributed by atoms with van der Waals surface area (Å²) in [7, 11) is 0. The smallest absolute Gasteiger partial charge is 0.258 e. The number of benzene rings is 2. The van der Waals surface area contributed by atoms with Crippen molar-refractivity contribution in [1.29, 1.82) is 0 Å². The lowest BCUT2D eigenvalue weighted by atomic mass is 10.1. The van der Waals surface area contributed by atoms with Crippen molar-refractivity contribution in [2.45, 2.75) is 13.8 Å². The van der Waals surface area contributed by atoms with Gasteiger partial charge in [-0.2, -0.15) is 0 Å². The third-order valence-electron chi connectivity index (χ3n) is 3.26. The quantitative estimate of drug-likeness (QED) is 0.353. The molecule has 0 atom stereocenters. The predicted molar refractivity (Wildman–Crippen MR) is 105 cm³/mol. The SMILES string of the molecule is Cc1cc(O)c(NC(=S)NC(=O)c2cc(I)ccc2Cl)cc1C. The molecule has 7 heteroatoms. The maximum Gasteiger partial charge on any atom is 0.258 e. The van der Waals surface area contributed by atoms with Gasteiger partial charge in [0.05, 0.1) is 16.3 Å². The molecule has 0 heterocycles. The molecule has 0 aromatic heterocycles. The van der Waals surface area contributed by atoms with Gasteiger partial charge in [-0.1, -0.05) is 11.6 Å². The number of amides is 1. The van der Waals surface area contributed by atoms with Gasteiger partial charge >= 0.3 is 0 Å². The van der Waals surface area contributed by atoms with E-state index in [2.05, 4.69) is 33.2 Å². The van der Waals surface area contributed by atoms with Crippen LogP contribution in [0, 0.1) is 17.4 Å². The van der Waals surface area contributed by atoms with Gasteiger partial charge in [0, 0.05) is 3.57 Å². The highest BCUT2D eigenvalue weighted by Gasteiger charge is 2.13. The zero-order valence-electron chi connectivity index (χ0n) is 12.4. The van der Waals surface area contributed by atoms with Crippen LogP contribution >= 0.6 is 46.4 Å². The standard InChI is InChI=1S/C16H14ClIN2O2S/c1-8-5-13(14(21)6-9(8)2)19-16(23)20-15(22)11-7-10(18)3-4-12(11)17/h3-7,21H,1-2H3,(H2,19,20,22,23). The Morgan fingerprint density at radius 3 is 2.57 bits per heavy atom. The summed E-state index contributed by atoms with van der Waals surface area (Å²) in [6.45, 7) is 3.82. The fraction of sp³-hybridized carbons (Fsp3) is 0.125. The van der Waals surface area contributed by atoms with Gasteiger partial charge in [0.2, 0.25) is 0 Å². The number of thiocarbonyl (C=S) groups is 1. The molecule has 0 radical (unpaired) electrons. The third kappa shape index (κ3) is 4.55. The van der Waals surface area contributed by atoms with Crippen LogP contribution in [0.4, 0.5) is 5.69 Å². The molecule has 0 bridgehead atoms. The molecule has 2 aromatic carbocycles. The second kappa shape index (κ2) is 7.46. The van der Waals surface area contributed by atoms with Crippen LogP contribution < -0.4 is 10.6 Å². The number of aromatic hydroxyl groups is 1. The van der Waals surface area contributed by atoms with Crippen molar-refractivity contribution < 1.29 is 9.90 Å². The molecule has 0 fully saturated rings. The minimum Gasteiger partial charge on any atom is -0.506 e. The van der Waals surface area contributed by atoms with Crippen LogP contribution in [-0.4, -0.2) is 16.1 Å². The highest BCUT2D eigenvalue weighted by molar-refractivity contribution is 14.1. The van der Waals surface area contributed by atoms with Gasteiger partial charge in [-0.3, -0.25) is 10.1 Å². The van der Waals surface area contributed by atoms with Crippen molar-refractivity contribution in [1.82, 2.24) is 5.32 Å². The Bertz CT molecular complexity index is 796. The molecule has 4 nitrogen and oxygen atoms in total. The van der Waals surface area contributed by atoms with E-state index >= 15 is 0 Å². The molecule has 120 valence electrons. The summed E-state index contributed by atoms with van der Waals surface area (Å²) in [6, 6.07) is 8.54. The second-order valence-corrected chi connectivity index (χ2v) is 7.05. The second-order valence-electron chi connectivity index (χ2n) is 4.99. The molecule has 0 aliphatic carbocycles. The molecule has 0 spiro atoms. The summed E-state index contributed by atoms with van der Waals surface area (Å²) in [4.78, 5) is 12.2. The minimum atomic E-state index is -0.408. The number of phenols is 1. The number of halogens is 2. The highest BCUT2D eigenvalue weighted by Crippen LogP contribution is 2.26. The van der Waals surface area contributed by atoms with Crippen molar-refractivity contribution in [2.24, 2.45) is 0 Å². The van der Waals surface area contributed by atoms with E-state index in [0.717, 1.165) is 14.7 Å². The average molecular weight is 461 g/mol. The molecule has 0 aliphatic heterocycles. The van der Waals surface area contributed by atoms with Crippen molar-refractivity contribution in [3.8, 4) is 5.75 Å². The normalized spacial score (nSPS) is 10.3. The number of nitrogens with one attached hydrogen (secondary N) is 2. The Balaban J connectivity index is 2.12. The molecule has 2 aromatic rings. The van der Waals surface area contributed by atoms with E-state index in [1.807, 2.05) is 19.9 Å². The molecule has 0 unspecified atom stereocenters. The molecule has 0 saturated carbocycles. The molecule has 3 N–H and O–H groups in total. The van der Waals surface area contributed by atoms with E-state index < -0.39 is 5.91 Å². The van der Waals surface area contributed by atoms with Gasteiger partial charge in [-0.25, -0.2) is 0 Å². The van der Waals surface area contributed by atoms with Gasteiger partial charge in [-0.15, -0.1) is 0 Å². The number of phenolic OH excluding ortho intramolecular Hbond substituents is 1. The van der Waals surface area contributed by atoms with Crippen LogP contribution in [0.25, 0.3) is 0 Å². The number of anilines is 1. The first-order chi connectivity index (χ1) is 10.8. The number of aryl methyl sites for hydroxylation is 2. The van der Waals surface area contributed by atoms with Gasteiger partial charge in [0.25, 0.3) is 5.91 Å². The summed E-state index contributed by atoms with van der Waals surface area (Å²) < 4.78 is 0.892. The summed E-state index contributed by atoms with van der Waals surface area (Å²) >= 11 is 13.3. The number of rotatable bonds is 2. The van der Waals surface area contributed by atoms with Gasteiger partial charge < -0.3 is 10.4 Å². The van der Waals surface area contributed by atoms with Gasteiger partial charge in [-0.05, 0) is 90.1 Å². The zero-order chi connectivity index (χ0) is 17.1. The van der Waals surface area contributed by atoms with Crippen LogP contribution in [-0.2, 0) is 0 Å². The van der Waals surface area contributed by atoms with Crippen LogP contribution in [0.5, 0.6) is 5.75 Å². The lowest BCUT2D eigenvalue weighted by Gasteiger charge is -2.13. The molecule has 1 amide bonds. The largest absolute Gasteiger partial charge is 0.506 e. The Labute approximate surface area is 158 Å². The van der Waals surface area contributed by atoms with Crippen molar-refractivity contribution >= 4 is 63.1 Å². The molecule has 2 rings (SSSR count). The van der Waals surface area contributed by atoms with Crippen molar-refractivity contribution in [3.63, 3.8) is 0 Å². The molecule has 0 saturated heterocycles. The van der Waals surface area contributed by atoms with E-state index in [4.69, 9.17) is 23.8 Å². The predicted octanol–water partition coefficient (Wildman–Crippen LogP) is 4.39. The number of carbonyl (C=O) groups is 1. The lowest BCUT2D eigenvalue weighted by Crippen LogP contribution is -2.34. The van der Waals surface area contributed by atoms with E-state index in [-0.39, 0.29) is 10.9 Å². The fourth-order valence-corrected chi connectivity index (χ4v) is 2.79. The van der Waals surface area contributed by atoms with Crippen molar-refractivity contribution in [2.75, 3.05) is 5.32 Å². The monoisotopic (exact) mass is 460 g/mol. The van der Waals surface area contributed by atoms with E-state index in [1.165, 1.54) is 0 Å². The van der Waals surface area contributed by atoms with Crippen LogP contribution in [0.2, 0.25) is 5.02 Å². The van der Waals surface area contributed by atoms with E-state index in [9.17, 15) is 9.90 Å². The van der Waals surface area contributed by atoms with Crippen LogP contribution in [0.15, 0.2) is 30.3 Å². The van der Waals surface area contributed by atoms with E-state index in [0.29, 0.717) is 16.3 Å².